The van der Waals surface area contributed by atoms with E-state index in [4.69, 9.17) is 4.74 Å². The molecule has 138 valence electrons. The van der Waals surface area contributed by atoms with Gasteiger partial charge >= 0.3 is 0 Å². The Bertz CT molecular complexity index is 847. The number of amides is 1. The van der Waals surface area contributed by atoms with E-state index in [-0.39, 0.29) is 23.6 Å². The minimum atomic E-state index is -0.510. The lowest BCUT2D eigenvalue weighted by atomic mass is 10.2. The number of rotatable bonds is 6. The van der Waals surface area contributed by atoms with Gasteiger partial charge in [0.15, 0.2) is 0 Å². The van der Waals surface area contributed by atoms with Gasteiger partial charge in [0.05, 0.1) is 18.8 Å². The standard InChI is InChI=1S/C18H21FN4O3/c1-26-11-10-23-17(24)7-5-15(21-23)18(25)20-13-4-6-16(14(19)12-13)22-8-2-3-9-22/h4-7,12H,2-3,8-11H2,1H3,(H,20,25). The summed E-state index contributed by atoms with van der Waals surface area (Å²) in [6, 6.07) is 7.25. The van der Waals surface area contributed by atoms with Crippen LogP contribution in [0.3, 0.4) is 0 Å². The van der Waals surface area contributed by atoms with Gasteiger partial charge in [-0.15, -0.1) is 0 Å². The van der Waals surface area contributed by atoms with E-state index < -0.39 is 5.91 Å². The number of carbonyl (C=O) groups excluding carboxylic acids is 1. The highest BCUT2D eigenvalue weighted by Crippen LogP contribution is 2.26. The molecule has 2 aromatic rings. The Morgan fingerprint density at radius 3 is 2.73 bits per heavy atom. The average Bonchev–Trinajstić information content (AvgIpc) is 3.15. The number of hydrogen-bond donors (Lipinski definition) is 1. The summed E-state index contributed by atoms with van der Waals surface area (Å²) in [4.78, 5) is 26.1. The maximum Gasteiger partial charge on any atom is 0.276 e. The van der Waals surface area contributed by atoms with Crippen LogP contribution in [0.5, 0.6) is 0 Å². The minimum Gasteiger partial charge on any atom is -0.383 e. The summed E-state index contributed by atoms with van der Waals surface area (Å²) >= 11 is 0. The number of nitrogens with one attached hydrogen (secondary N) is 1. The zero-order valence-corrected chi connectivity index (χ0v) is 14.6. The van der Waals surface area contributed by atoms with Crippen molar-refractivity contribution >= 4 is 17.3 Å². The number of carbonyl (C=O) groups is 1. The summed E-state index contributed by atoms with van der Waals surface area (Å²) in [6.45, 7) is 2.24. The van der Waals surface area contributed by atoms with E-state index >= 15 is 0 Å². The third kappa shape index (κ3) is 4.08. The second kappa shape index (κ2) is 8.09. The summed E-state index contributed by atoms with van der Waals surface area (Å²) in [5.41, 5.74) is 0.642. The summed E-state index contributed by atoms with van der Waals surface area (Å²) in [5, 5.41) is 6.63. The molecule has 1 aromatic carbocycles. The van der Waals surface area contributed by atoms with E-state index in [1.807, 2.05) is 4.90 Å². The number of nitrogens with zero attached hydrogens (tertiary/aromatic N) is 3. The molecule has 0 aliphatic carbocycles. The van der Waals surface area contributed by atoms with Crippen LogP contribution in [-0.4, -0.2) is 42.5 Å². The van der Waals surface area contributed by atoms with E-state index in [0.29, 0.717) is 18.0 Å². The van der Waals surface area contributed by atoms with Crippen LogP contribution in [0.25, 0.3) is 0 Å². The molecule has 1 N–H and O–H groups in total. The molecule has 0 radical (unpaired) electrons. The number of methoxy groups -OCH3 is 1. The van der Waals surface area contributed by atoms with Crippen LogP contribution in [0.4, 0.5) is 15.8 Å². The first-order chi connectivity index (χ1) is 12.6. The van der Waals surface area contributed by atoms with Gasteiger partial charge in [-0.2, -0.15) is 5.10 Å². The Balaban J connectivity index is 1.73. The van der Waals surface area contributed by atoms with E-state index in [1.165, 1.54) is 25.3 Å². The maximum atomic E-state index is 14.3. The third-order valence-corrected chi connectivity index (χ3v) is 4.26. The van der Waals surface area contributed by atoms with Gasteiger partial charge in [-0.3, -0.25) is 9.59 Å². The Morgan fingerprint density at radius 2 is 2.04 bits per heavy atom. The molecular weight excluding hydrogens is 339 g/mol. The van der Waals surface area contributed by atoms with Crippen LogP contribution in [0.2, 0.25) is 0 Å². The molecule has 8 heteroatoms. The van der Waals surface area contributed by atoms with Crippen LogP contribution < -0.4 is 15.8 Å². The zero-order valence-electron chi connectivity index (χ0n) is 14.6. The second-order valence-electron chi connectivity index (χ2n) is 6.09. The monoisotopic (exact) mass is 360 g/mol. The number of benzene rings is 1. The molecule has 0 spiro atoms. The maximum absolute atomic E-state index is 14.3. The zero-order chi connectivity index (χ0) is 18.5. The lowest BCUT2D eigenvalue weighted by Gasteiger charge is -2.18. The first-order valence-electron chi connectivity index (χ1n) is 8.51. The molecule has 1 aliphatic heterocycles. The number of aromatic nitrogens is 2. The van der Waals surface area contributed by atoms with Gasteiger partial charge in [-0.1, -0.05) is 0 Å². The number of anilines is 2. The summed E-state index contributed by atoms with van der Waals surface area (Å²) in [5.74, 6) is -0.882. The summed E-state index contributed by atoms with van der Waals surface area (Å²) < 4.78 is 20.4. The fourth-order valence-corrected chi connectivity index (χ4v) is 2.90. The molecule has 0 saturated carbocycles. The number of ether oxygens (including phenoxy) is 1. The molecule has 0 atom stereocenters. The molecule has 26 heavy (non-hydrogen) atoms. The van der Waals surface area contributed by atoms with E-state index in [1.54, 1.807) is 12.1 Å². The molecule has 1 aliphatic rings. The topological polar surface area (TPSA) is 76.5 Å². The number of halogens is 1. The Hall–Kier alpha value is -2.74. The van der Waals surface area contributed by atoms with Crippen LogP contribution >= 0.6 is 0 Å². The van der Waals surface area contributed by atoms with Gasteiger partial charge in [0.25, 0.3) is 11.5 Å². The lowest BCUT2D eigenvalue weighted by Crippen LogP contribution is -2.27. The highest BCUT2D eigenvalue weighted by molar-refractivity contribution is 6.02. The lowest BCUT2D eigenvalue weighted by molar-refractivity contribution is 0.101. The van der Waals surface area contributed by atoms with Crippen molar-refractivity contribution in [3.8, 4) is 0 Å². The predicted molar refractivity (Wildman–Crippen MR) is 96.2 cm³/mol. The van der Waals surface area contributed by atoms with Crippen molar-refractivity contribution in [3.05, 3.63) is 52.2 Å². The average molecular weight is 360 g/mol. The van der Waals surface area contributed by atoms with Gasteiger partial charge in [0, 0.05) is 32.0 Å². The highest BCUT2D eigenvalue weighted by atomic mass is 19.1. The number of hydrogen-bond acceptors (Lipinski definition) is 5. The first-order valence-corrected chi connectivity index (χ1v) is 8.51. The van der Waals surface area contributed by atoms with Crippen molar-refractivity contribution in [3.63, 3.8) is 0 Å². The van der Waals surface area contributed by atoms with Gasteiger partial charge in [-0.25, -0.2) is 9.07 Å². The van der Waals surface area contributed by atoms with Gasteiger partial charge < -0.3 is 15.0 Å². The fraction of sp³-hybridized carbons (Fsp3) is 0.389. The fourth-order valence-electron chi connectivity index (χ4n) is 2.90. The largest absolute Gasteiger partial charge is 0.383 e. The molecule has 1 fully saturated rings. The van der Waals surface area contributed by atoms with Crippen molar-refractivity contribution in [1.29, 1.82) is 0 Å². The van der Waals surface area contributed by atoms with Crippen molar-refractivity contribution in [2.24, 2.45) is 0 Å². The van der Waals surface area contributed by atoms with Crippen molar-refractivity contribution in [2.45, 2.75) is 19.4 Å². The Labute approximate surface area is 150 Å². The van der Waals surface area contributed by atoms with Gasteiger partial charge in [-0.05, 0) is 37.1 Å². The molecule has 1 aromatic heterocycles. The molecule has 0 bridgehead atoms. The Morgan fingerprint density at radius 1 is 1.27 bits per heavy atom. The van der Waals surface area contributed by atoms with Gasteiger partial charge in [0.1, 0.15) is 11.5 Å². The third-order valence-electron chi connectivity index (χ3n) is 4.26. The molecule has 2 heterocycles. The SMILES string of the molecule is COCCn1nc(C(=O)Nc2ccc(N3CCCC3)c(F)c2)ccc1=O. The summed E-state index contributed by atoms with van der Waals surface area (Å²) in [6.07, 6.45) is 2.12. The van der Waals surface area contributed by atoms with Crippen LogP contribution in [0, 0.1) is 5.82 Å². The van der Waals surface area contributed by atoms with Crippen LogP contribution in [0.15, 0.2) is 35.1 Å². The minimum absolute atomic E-state index is 0.0738. The van der Waals surface area contributed by atoms with E-state index in [9.17, 15) is 14.0 Å². The molecular formula is C18H21FN4O3. The van der Waals surface area contributed by atoms with E-state index in [2.05, 4.69) is 10.4 Å². The smallest absolute Gasteiger partial charge is 0.276 e. The molecule has 0 unspecified atom stereocenters. The molecule has 1 amide bonds. The molecule has 7 nitrogen and oxygen atoms in total. The van der Waals surface area contributed by atoms with Gasteiger partial charge in [0.2, 0.25) is 0 Å². The van der Waals surface area contributed by atoms with Crippen molar-refractivity contribution in [2.75, 3.05) is 37.0 Å². The predicted octanol–water partition coefficient (Wildman–Crippen LogP) is 1.88. The van der Waals surface area contributed by atoms with E-state index in [0.717, 1.165) is 30.6 Å². The normalized spacial score (nSPS) is 13.8. The molecule has 3 rings (SSSR count). The Kier molecular flexibility index (Phi) is 5.62. The van der Waals surface area contributed by atoms with Crippen LogP contribution in [-0.2, 0) is 11.3 Å². The van der Waals surface area contributed by atoms with Crippen molar-refractivity contribution < 1.29 is 13.9 Å². The van der Waals surface area contributed by atoms with Crippen molar-refractivity contribution in [1.82, 2.24) is 9.78 Å². The quantitative estimate of drug-likeness (QED) is 0.851. The van der Waals surface area contributed by atoms with Crippen LogP contribution in [0.1, 0.15) is 23.3 Å². The summed E-state index contributed by atoms with van der Waals surface area (Å²) in [7, 11) is 1.52. The first kappa shape index (κ1) is 18.1. The highest BCUT2D eigenvalue weighted by Gasteiger charge is 2.17. The molecule has 1 saturated heterocycles. The second-order valence-corrected chi connectivity index (χ2v) is 6.09.